The van der Waals surface area contributed by atoms with E-state index in [0.717, 1.165) is 4.21 Å². The van der Waals surface area contributed by atoms with Crippen LogP contribution < -0.4 is 0 Å². The first-order valence-corrected chi connectivity index (χ1v) is 7.66. The Morgan fingerprint density at radius 1 is 1.61 bits per heavy atom. The average molecular weight is 301 g/mol. The largest absolute Gasteiger partial charge is 0.477 e. The molecular formula is C9H7N3O3S3. The van der Waals surface area contributed by atoms with E-state index in [0.29, 0.717) is 17.1 Å². The predicted molar refractivity (Wildman–Crippen MR) is 68.1 cm³/mol. The second kappa shape index (κ2) is 4.56. The highest BCUT2D eigenvalue weighted by Gasteiger charge is 2.45. The number of carbonyl (C=O) groups is 2. The lowest BCUT2D eigenvalue weighted by atomic mass is 10.1. The number of fused-ring (bicyclic) bond motifs is 1. The Morgan fingerprint density at radius 3 is 3.06 bits per heavy atom. The van der Waals surface area contributed by atoms with E-state index in [1.165, 1.54) is 28.2 Å². The normalized spacial score (nSPS) is 22.8. The molecule has 1 aromatic rings. The molecule has 3 heterocycles. The van der Waals surface area contributed by atoms with Gasteiger partial charge in [-0.2, -0.15) is 0 Å². The Kier molecular flexibility index (Phi) is 3.04. The van der Waals surface area contributed by atoms with Crippen LogP contribution in [0, 0.1) is 0 Å². The van der Waals surface area contributed by atoms with Crippen LogP contribution >= 0.6 is 35.1 Å². The van der Waals surface area contributed by atoms with E-state index in [4.69, 9.17) is 0 Å². The lowest BCUT2D eigenvalue weighted by Gasteiger charge is -2.43. The number of carbonyl (C=O) groups excluding carboxylic acids is 1. The molecule has 1 unspecified atom stereocenters. The highest BCUT2D eigenvalue weighted by Crippen LogP contribution is 2.45. The minimum Gasteiger partial charge on any atom is -0.477 e. The Labute approximate surface area is 115 Å². The highest BCUT2D eigenvalue weighted by atomic mass is 32.2. The molecule has 0 radical (unpaired) electrons. The van der Waals surface area contributed by atoms with E-state index in [2.05, 4.69) is 9.59 Å². The van der Waals surface area contributed by atoms with Gasteiger partial charge in [0.25, 0.3) is 0 Å². The molecule has 1 N–H and O–H groups in total. The number of carboxylic acids is 1. The number of carboxylic acid groups (broad SMARTS) is 1. The number of rotatable bonds is 3. The Balaban J connectivity index is 1.95. The standard InChI is InChI=1S/C9H7N3O3S3/c13-5-1-6-12(5)8(9(14)15)4(3-16-6)17-7-2-10-11-18-7/h2,6H,1,3H2,(H,14,15). The van der Waals surface area contributed by atoms with Crippen LogP contribution in [0.15, 0.2) is 21.0 Å². The molecule has 1 aromatic heterocycles. The van der Waals surface area contributed by atoms with Gasteiger partial charge in [-0.05, 0) is 11.5 Å². The van der Waals surface area contributed by atoms with Gasteiger partial charge in [0.1, 0.15) is 9.91 Å². The van der Waals surface area contributed by atoms with E-state index in [1.54, 1.807) is 18.0 Å². The van der Waals surface area contributed by atoms with Gasteiger partial charge in [0.2, 0.25) is 5.91 Å². The molecule has 0 bridgehead atoms. The lowest BCUT2D eigenvalue weighted by Crippen LogP contribution is -2.53. The first kappa shape index (κ1) is 12.0. The number of thioether (sulfide) groups is 2. The van der Waals surface area contributed by atoms with E-state index in [-0.39, 0.29) is 17.0 Å². The van der Waals surface area contributed by atoms with Gasteiger partial charge in [-0.3, -0.25) is 9.69 Å². The molecule has 9 heteroatoms. The van der Waals surface area contributed by atoms with Crippen LogP contribution in [0.4, 0.5) is 0 Å². The summed E-state index contributed by atoms with van der Waals surface area (Å²) in [6, 6.07) is 0. The van der Waals surface area contributed by atoms with Crippen molar-refractivity contribution in [1.29, 1.82) is 0 Å². The lowest BCUT2D eigenvalue weighted by molar-refractivity contribution is -0.146. The smallest absolute Gasteiger partial charge is 0.353 e. The SMILES string of the molecule is O=C(O)C1=C(Sc2cnns2)CSC2CC(=O)N12. The van der Waals surface area contributed by atoms with Gasteiger partial charge in [-0.25, -0.2) is 4.79 Å². The number of hydrogen-bond acceptors (Lipinski definition) is 7. The quantitative estimate of drug-likeness (QED) is 0.841. The van der Waals surface area contributed by atoms with Gasteiger partial charge in [0.15, 0.2) is 0 Å². The minimum atomic E-state index is -1.05. The molecular weight excluding hydrogens is 294 g/mol. The molecule has 2 aliphatic rings. The van der Waals surface area contributed by atoms with Crippen molar-refractivity contribution in [2.75, 3.05) is 5.75 Å². The molecule has 1 atom stereocenters. The van der Waals surface area contributed by atoms with Crippen molar-refractivity contribution in [3.8, 4) is 0 Å². The molecule has 1 saturated heterocycles. The summed E-state index contributed by atoms with van der Waals surface area (Å²) in [6.07, 6.45) is 2.03. The van der Waals surface area contributed by atoms with Crippen molar-refractivity contribution in [3.63, 3.8) is 0 Å². The van der Waals surface area contributed by atoms with Gasteiger partial charge < -0.3 is 5.11 Å². The monoisotopic (exact) mass is 301 g/mol. The molecule has 1 amide bonds. The van der Waals surface area contributed by atoms with E-state index in [1.807, 2.05) is 0 Å². The second-order valence-electron chi connectivity index (χ2n) is 3.65. The van der Waals surface area contributed by atoms with Gasteiger partial charge in [-0.1, -0.05) is 16.3 Å². The van der Waals surface area contributed by atoms with Crippen LogP contribution in [-0.2, 0) is 9.59 Å². The summed E-state index contributed by atoms with van der Waals surface area (Å²) < 4.78 is 4.56. The van der Waals surface area contributed by atoms with Crippen molar-refractivity contribution < 1.29 is 14.7 Å². The summed E-state index contributed by atoms with van der Waals surface area (Å²) in [5.41, 5.74) is 0.119. The zero-order valence-corrected chi connectivity index (χ0v) is 11.3. The van der Waals surface area contributed by atoms with Crippen LogP contribution in [0.25, 0.3) is 0 Å². The maximum Gasteiger partial charge on any atom is 0.353 e. The van der Waals surface area contributed by atoms with Crippen LogP contribution in [0.5, 0.6) is 0 Å². The highest BCUT2D eigenvalue weighted by molar-refractivity contribution is 8.07. The molecule has 0 spiro atoms. The van der Waals surface area contributed by atoms with Crippen molar-refractivity contribution in [3.05, 3.63) is 16.8 Å². The van der Waals surface area contributed by atoms with Gasteiger partial charge >= 0.3 is 5.97 Å². The van der Waals surface area contributed by atoms with Crippen molar-refractivity contribution in [2.45, 2.75) is 16.0 Å². The van der Waals surface area contributed by atoms with Gasteiger partial charge in [0, 0.05) is 10.7 Å². The molecule has 94 valence electrons. The van der Waals surface area contributed by atoms with Crippen molar-refractivity contribution in [1.82, 2.24) is 14.5 Å². The summed E-state index contributed by atoms with van der Waals surface area (Å²) in [5.74, 6) is -0.558. The average Bonchev–Trinajstić information content (AvgIpc) is 2.81. The van der Waals surface area contributed by atoms with Crippen LogP contribution in [0.2, 0.25) is 0 Å². The second-order valence-corrected chi connectivity index (χ2v) is 7.00. The summed E-state index contributed by atoms with van der Waals surface area (Å²) in [6.45, 7) is 0. The minimum absolute atomic E-state index is 0.00691. The van der Waals surface area contributed by atoms with Gasteiger partial charge in [0.05, 0.1) is 18.0 Å². The van der Waals surface area contributed by atoms with Crippen molar-refractivity contribution >= 4 is 46.9 Å². The molecule has 18 heavy (non-hydrogen) atoms. The number of hydrogen-bond donors (Lipinski definition) is 1. The molecule has 2 aliphatic heterocycles. The first-order chi connectivity index (χ1) is 8.66. The fraction of sp³-hybridized carbons (Fsp3) is 0.333. The molecule has 6 nitrogen and oxygen atoms in total. The third-order valence-electron chi connectivity index (χ3n) is 2.59. The topological polar surface area (TPSA) is 83.4 Å². The first-order valence-electron chi connectivity index (χ1n) is 5.02. The molecule has 0 aliphatic carbocycles. The Hall–Kier alpha value is -1.06. The van der Waals surface area contributed by atoms with E-state index < -0.39 is 5.97 Å². The Morgan fingerprint density at radius 2 is 2.44 bits per heavy atom. The fourth-order valence-corrected chi connectivity index (χ4v) is 4.79. The van der Waals surface area contributed by atoms with E-state index in [9.17, 15) is 14.7 Å². The number of aliphatic carboxylic acids is 1. The summed E-state index contributed by atoms with van der Waals surface area (Å²) in [5, 5.41) is 13.0. The third kappa shape index (κ3) is 1.91. The predicted octanol–water partition coefficient (Wildman–Crippen LogP) is 1.23. The number of nitrogens with zero attached hydrogens (tertiary/aromatic N) is 3. The molecule has 0 saturated carbocycles. The molecule has 3 rings (SSSR count). The summed E-state index contributed by atoms with van der Waals surface area (Å²) in [4.78, 5) is 24.9. The number of aromatic nitrogens is 2. The van der Waals surface area contributed by atoms with Crippen LogP contribution in [0.3, 0.4) is 0 Å². The Bertz CT molecular complexity index is 543. The number of β-lactam (4-membered cyclic amide) rings is 1. The maximum absolute atomic E-state index is 11.5. The summed E-state index contributed by atoms with van der Waals surface area (Å²) in [7, 11) is 0. The summed E-state index contributed by atoms with van der Waals surface area (Å²) >= 11 is 4.13. The fourth-order valence-electron chi connectivity index (χ4n) is 1.79. The van der Waals surface area contributed by atoms with E-state index >= 15 is 0 Å². The van der Waals surface area contributed by atoms with Crippen molar-refractivity contribution in [2.24, 2.45) is 0 Å². The maximum atomic E-state index is 11.5. The molecule has 1 fully saturated rings. The van der Waals surface area contributed by atoms with Crippen LogP contribution in [-0.4, -0.2) is 42.6 Å². The third-order valence-corrected chi connectivity index (χ3v) is 5.81. The van der Waals surface area contributed by atoms with Gasteiger partial charge in [-0.15, -0.1) is 16.9 Å². The number of amides is 1. The van der Waals surface area contributed by atoms with Crippen LogP contribution in [0.1, 0.15) is 6.42 Å². The zero-order chi connectivity index (χ0) is 12.7. The molecule has 0 aromatic carbocycles. The zero-order valence-electron chi connectivity index (χ0n) is 8.90.